The van der Waals surface area contributed by atoms with Gasteiger partial charge in [0.1, 0.15) is 5.92 Å². The summed E-state index contributed by atoms with van der Waals surface area (Å²) >= 11 is 3.48. The topological polar surface area (TPSA) is 51.0 Å². The molecular weight excluding hydrogens is 368 g/mol. The molecule has 2 aromatic rings. The minimum Gasteiger partial charge on any atom is -0.465 e. The third kappa shape index (κ3) is 3.62. The van der Waals surface area contributed by atoms with Crippen LogP contribution in [0.2, 0.25) is 0 Å². The van der Waals surface area contributed by atoms with Gasteiger partial charge in [0.05, 0.1) is 24.6 Å². The highest BCUT2D eigenvalue weighted by Gasteiger charge is 2.30. The molecule has 1 heterocycles. The lowest BCUT2D eigenvalue weighted by Gasteiger charge is -2.20. The first kappa shape index (κ1) is 16.6. The van der Waals surface area contributed by atoms with E-state index in [4.69, 9.17) is 9.73 Å². The monoisotopic (exact) mass is 384 g/mol. The highest BCUT2D eigenvalue weighted by molar-refractivity contribution is 9.10. The molecule has 0 aromatic heterocycles. The van der Waals surface area contributed by atoms with E-state index in [1.165, 1.54) is 0 Å². The van der Waals surface area contributed by atoms with E-state index < -0.39 is 5.92 Å². The van der Waals surface area contributed by atoms with Crippen molar-refractivity contribution < 1.29 is 9.53 Å². The van der Waals surface area contributed by atoms with Gasteiger partial charge in [0, 0.05) is 16.3 Å². The van der Waals surface area contributed by atoms with Gasteiger partial charge in [-0.15, -0.1) is 0 Å². The fourth-order valence-electron chi connectivity index (χ4n) is 2.57. The van der Waals surface area contributed by atoms with E-state index in [9.17, 15) is 4.79 Å². The van der Waals surface area contributed by atoms with Crippen LogP contribution in [0.3, 0.4) is 0 Å². The number of nitrogens with zero attached hydrogens (tertiary/aromatic N) is 2. The summed E-state index contributed by atoms with van der Waals surface area (Å²) in [7, 11) is 0. The molecule has 0 N–H and O–H groups in total. The second-order valence-electron chi connectivity index (χ2n) is 5.36. The number of benzene rings is 2. The average Bonchev–Trinajstić information content (AvgIpc) is 2.60. The van der Waals surface area contributed by atoms with Crippen LogP contribution in [0.25, 0.3) is 0 Å². The second-order valence-corrected chi connectivity index (χ2v) is 6.27. The summed E-state index contributed by atoms with van der Waals surface area (Å²) < 4.78 is 6.11. The molecule has 1 aliphatic heterocycles. The molecule has 24 heavy (non-hydrogen) atoms. The first-order valence-corrected chi connectivity index (χ1v) is 8.57. The predicted octanol–water partition coefficient (Wildman–Crippen LogP) is 4.33. The van der Waals surface area contributed by atoms with Crippen molar-refractivity contribution in [2.45, 2.75) is 13.5 Å². The Balaban J connectivity index is 2.00. The number of carbonyl (C=O) groups is 1. The zero-order valence-electron chi connectivity index (χ0n) is 13.3. The van der Waals surface area contributed by atoms with Crippen LogP contribution in [0, 0.1) is 5.92 Å². The Labute approximate surface area is 149 Å². The van der Waals surface area contributed by atoms with Crippen LogP contribution in [-0.2, 0) is 16.1 Å². The number of rotatable bonds is 4. The Morgan fingerprint density at radius 2 is 2.04 bits per heavy atom. The summed E-state index contributed by atoms with van der Waals surface area (Å²) in [5, 5.41) is 0. The van der Waals surface area contributed by atoms with E-state index in [-0.39, 0.29) is 5.97 Å². The third-order valence-electron chi connectivity index (χ3n) is 3.71. The predicted molar refractivity (Wildman–Crippen MR) is 99.1 cm³/mol. The largest absolute Gasteiger partial charge is 0.465 e. The Kier molecular flexibility index (Phi) is 5.20. The maximum Gasteiger partial charge on any atom is 0.320 e. The number of ether oxygens (including phenoxy) is 1. The van der Waals surface area contributed by atoms with Crippen LogP contribution >= 0.6 is 15.9 Å². The summed E-state index contributed by atoms with van der Waals surface area (Å²) in [5.41, 5.74) is 3.46. The normalized spacial score (nSPS) is 17.6. The third-order valence-corrected chi connectivity index (χ3v) is 4.20. The molecule has 0 saturated carbocycles. The van der Waals surface area contributed by atoms with E-state index in [0.717, 1.165) is 21.3 Å². The van der Waals surface area contributed by atoms with E-state index in [1.54, 1.807) is 13.1 Å². The fourth-order valence-corrected chi connectivity index (χ4v) is 2.93. The zero-order valence-corrected chi connectivity index (χ0v) is 14.9. The summed E-state index contributed by atoms with van der Waals surface area (Å²) in [5.74, 6) is -0.894. The molecule has 3 rings (SSSR count). The lowest BCUT2D eigenvalue weighted by atomic mass is 9.93. The molecule has 0 bridgehead atoms. The van der Waals surface area contributed by atoms with Crippen molar-refractivity contribution in [3.63, 3.8) is 0 Å². The van der Waals surface area contributed by atoms with Gasteiger partial charge in [0.15, 0.2) is 0 Å². The van der Waals surface area contributed by atoms with Crippen LogP contribution in [0.15, 0.2) is 63.0 Å². The Morgan fingerprint density at radius 3 is 2.79 bits per heavy atom. The molecule has 0 radical (unpaired) electrons. The van der Waals surface area contributed by atoms with E-state index in [0.29, 0.717) is 18.9 Å². The number of aliphatic imine (C=N–C) groups is 2. The van der Waals surface area contributed by atoms with Gasteiger partial charge >= 0.3 is 5.97 Å². The van der Waals surface area contributed by atoms with Crippen molar-refractivity contribution in [3.8, 4) is 0 Å². The van der Waals surface area contributed by atoms with Gasteiger partial charge in [-0.3, -0.25) is 14.8 Å². The van der Waals surface area contributed by atoms with Crippen LogP contribution < -0.4 is 0 Å². The van der Waals surface area contributed by atoms with Crippen LogP contribution in [0.1, 0.15) is 18.1 Å². The van der Waals surface area contributed by atoms with Gasteiger partial charge in [0.2, 0.25) is 0 Å². The Morgan fingerprint density at radius 1 is 1.25 bits per heavy atom. The molecule has 4 nitrogen and oxygen atoms in total. The van der Waals surface area contributed by atoms with Crippen LogP contribution in [0.4, 0.5) is 5.69 Å². The molecule has 2 aromatic carbocycles. The molecule has 0 saturated heterocycles. The average molecular weight is 385 g/mol. The molecule has 1 atom stereocenters. The lowest BCUT2D eigenvalue weighted by Crippen LogP contribution is -2.30. The highest BCUT2D eigenvalue weighted by atomic mass is 79.9. The number of fused-ring (bicyclic) bond motifs is 1. The van der Waals surface area contributed by atoms with Gasteiger partial charge in [-0.2, -0.15) is 0 Å². The summed E-state index contributed by atoms with van der Waals surface area (Å²) in [6.07, 6.45) is 1.62. The van der Waals surface area contributed by atoms with Crippen LogP contribution in [-0.4, -0.2) is 24.5 Å². The lowest BCUT2D eigenvalue weighted by molar-refractivity contribution is -0.143. The summed E-state index contributed by atoms with van der Waals surface area (Å²) in [4.78, 5) is 21.4. The van der Waals surface area contributed by atoms with E-state index in [1.807, 2.05) is 48.5 Å². The summed E-state index contributed by atoms with van der Waals surface area (Å²) in [6.45, 7) is 2.63. The minimum atomic E-state index is -0.574. The molecule has 5 heteroatoms. The molecule has 0 spiro atoms. The molecule has 1 unspecified atom stereocenters. The van der Waals surface area contributed by atoms with Crippen molar-refractivity contribution in [2.24, 2.45) is 15.9 Å². The maximum absolute atomic E-state index is 12.3. The molecule has 0 aliphatic carbocycles. The van der Waals surface area contributed by atoms with E-state index in [2.05, 4.69) is 20.9 Å². The number of esters is 1. The number of halogens is 1. The summed E-state index contributed by atoms with van der Waals surface area (Å²) in [6, 6.07) is 15.7. The molecule has 0 amide bonds. The minimum absolute atomic E-state index is 0.321. The molecule has 1 aliphatic rings. The second kappa shape index (κ2) is 7.53. The molecule has 0 fully saturated rings. The number of hydrogen-bond donors (Lipinski definition) is 0. The molecule has 122 valence electrons. The zero-order chi connectivity index (χ0) is 16.9. The van der Waals surface area contributed by atoms with Gasteiger partial charge in [-0.1, -0.05) is 46.3 Å². The first-order chi connectivity index (χ1) is 11.7. The fraction of sp³-hybridized carbons (Fsp3) is 0.211. The van der Waals surface area contributed by atoms with Gasteiger partial charge in [0.25, 0.3) is 0 Å². The van der Waals surface area contributed by atoms with Crippen molar-refractivity contribution in [3.05, 3.63) is 64.1 Å². The quantitative estimate of drug-likeness (QED) is 0.736. The van der Waals surface area contributed by atoms with Crippen molar-refractivity contribution in [1.82, 2.24) is 0 Å². The number of carbonyl (C=O) groups excluding carboxylic acids is 1. The standard InChI is InChI=1S/C19H17BrN2O2/c1-2-24-19(23)16-12-21-17-9-8-14(20)10-15(17)18(16)22-11-13-6-4-3-5-7-13/h3-10,12,16H,2,11H2,1H3. The first-order valence-electron chi connectivity index (χ1n) is 7.78. The van der Waals surface area contributed by atoms with Crippen molar-refractivity contribution in [2.75, 3.05) is 6.61 Å². The highest BCUT2D eigenvalue weighted by Crippen LogP contribution is 2.30. The van der Waals surface area contributed by atoms with E-state index >= 15 is 0 Å². The number of hydrogen-bond acceptors (Lipinski definition) is 4. The van der Waals surface area contributed by atoms with Gasteiger partial charge < -0.3 is 4.74 Å². The van der Waals surface area contributed by atoms with Crippen LogP contribution in [0.5, 0.6) is 0 Å². The van der Waals surface area contributed by atoms with Gasteiger partial charge in [-0.25, -0.2) is 0 Å². The van der Waals surface area contributed by atoms with Crippen molar-refractivity contribution in [1.29, 1.82) is 0 Å². The van der Waals surface area contributed by atoms with Crippen molar-refractivity contribution >= 4 is 39.5 Å². The maximum atomic E-state index is 12.3. The smallest absolute Gasteiger partial charge is 0.320 e. The SMILES string of the molecule is CCOC(=O)C1C=Nc2ccc(Br)cc2C1=NCc1ccccc1. The Bertz CT molecular complexity index is 800. The van der Waals surface area contributed by atoms with Gasteiger partial charge in [-0.05, 0) is 30.7 Å². The Hall–Kier alpha value is -2.27. The molecular formula is C19H17BrN2O2.